The number of nitrogens with zero attached hydrogens (tertiary/aromatic N) is 1. The van der Waals surface area contributed by atoms with Gasteiger partial charge in [-0.15, -0.1) is 0 Å². The SMILES string of the molecule is C[C@]1([C@H]2CCCN([C@@H]3CCCc4ccccc43)C2)NC(=O)NC1=O. The Morgan fingerprint density at radius 3 is 2.79 bits per heavy atom. The lowest BCUT2D eigenvalue weighted by atomic mass is 9.78. The van der Waals surface area contributed by atoms with Gasteiger partial charge in [0, 0.05) is 18.5 Å². The zero-order valence-corrected chi connectivity index (χ0v) is 14.2. The van der Waals surface area contributed by atoms with Gasteiger partial charge in [-0.3, -0.25) is 15.0 Å². The highest BCUT2D eigenvalue weighted by Crippen LogP contribution is 2.38. The van der Waals surface area contributed by atoms with Crippen LogP contribution in [0.25, 0.3) is 0 Å². The lowest BCUT2D eigenvalue weighted by molar-refractivity contribution is -0.126. The maximum absolute atomic E-state index is 12.3. The molecule has 24 heavy (non-hydrogen) atoms. The van der Waals surface area contributed by atoms with Crippen LogP contribution in [-0.4, -0.2) is 35.5 Å². The molecule has 2 heterocycles. The largest absolute Gasteiger partial charge is 0.323 e. The van der Waals surface area contributed by atoms with Gasteiger partial charge in [0.25, 0.3) is 5.91 Å². The second-order valence-corrected chi connectivity index (χ2v) is 7.55. The summed E-state index contributed by atoms with van der Waals surface area (Å²) >= 11 is 0. The van der Waals surface area contributed by atoms with Crippen LogP contribution in [0.4, 0.5) is 4.79 Å². The van der Waals surface area contributed by atoms with E-state index in [1.807, 2.05) is 6.92 Å². The molecule has 1 aliphatic carbocycles. The second kappa shape index (κ2) is 5.88. The van der Waals surface area contributed by atoms with Crippen LogP contribution in [0, 0.1) is 5.92 Å². The van der Waals surface area contributed by atoms with Gasteiger partial charge in [-0.1, -0.05) is 24.3 Å². The van der Waals surface area contributed by atoms with Crippen molar-refractivity contribution in [2.75, 3.05) is 13.1 Å². The highest BCUT2D eigenvalue weighted by atomic mass is 16.2. The molecule has 5 nitrogen and oxygen atoms in total. The highest BCUT2D eigenvalue weighted by Gasteiger charge is 2.49. The lowest BCUT2D eigenvalue weighted by Crippen LogP contribution is -2.56. The number of imide groups is 1. The van der Waals surface area contributed by atoms with Crippen LogP contribution in [0.1, 0.15) is 49.8 Å². The molecule has 0 aromatic heterocycles. The topological polar surface area (TPSA) is 61.4 Å². The summed E-state index contributed by atoms with van der Waals surface area (Å²) in [6, 6.07) is 8.84. The second-order valence-electron chi connectivity index (χ2n) is 7.55. The Bertz CT molecular complexity index is 674. The third-order valence-electron chi connectivity index (χ3n) is 6.12. The molecule has 0 bridgehead atoms. The maximum atomic E-state index is 12.3. The van der Waals surface area contributed by atoms with Crippen molar-refractivity contribution in [2.45, 2.75) is 50.6 Å². The average Bonchev–Trinajstić information content (AvgIpc) is 2.87. The molecule has 0 spiro atoms. The molecule has 4 rings (SSSR count). The number of amides is 3. The summed E-state index contributed by atoms with van der Waals surface area (Å²) in [5.74, 6) is -0.0183. The number of hydrogen-bond acceptors (Lipinski definition) is 3. The van der Waals surface area contributed by atoms with E-state index in [4.69, 9.17) is 0 Å². The first-order valence-corrected chi connectivity index (χ1v) is 9.03. The Hall–Kier alpha value is -1.88. The van der Waals surface area contributed by atoms with Crippen LogP contribution in [-0.2, 0) is 11.2 Å². The summed E-state index contributed by atoms with van der Waals surface area (Å²) in [6.07, 6.45) is 5.62. The summed E-state index contributed by atoms with van der Waals surface area (Å²) in [5.41, 5.74) is 2.15. The van der Waals surface area contributed by atoms with Gasteiger partial charge in [0.15, 0.2) is 0 Å². The van der Waals surface area contributed by atoms with E-state index >= 15 is 0 Å². The van der Waals surface area contributed by atoms with Gasteiger partial charge in [-0.25, -0.2) is 4.79 Å². The third-order valence-corrected chi connectivity index (χ3v) is 6.12. The standard InChI is InChI=1S/C19H25N3O2/c1-19(17(23)20-18(24)21-19)14-8-5-11-22(12-14)16-10-4-7-13-6-2-3-9-15(13)16/h2-3,6,9,14,16H,4-5,7-8,10-12H2,1H3,(H2,20,21,23,24)/t14-,16+,19+/m0/s1. The molecular formula is C19H25N3O2. The number of urea groups is 1. The van der Waals surface area contributed by atoms with E-state index in [9.17, 15) is 9.59 Å². The van der Waals surface area contributed by atoms with E-state index in [1.54, 1.807) is 0 Å². The fourth-order valence-corrected chi connectivity index (χ4v) is 4.71. The van der Waals surface area contributed by atoms with Crippen LogP contribution < -0.4 is 10.6 Å². The smallest absolute Gasteiger partial charge is 0.322 e. The van der Waals surface area contributed by atoms with Gasteiger partial charge in [0.1, 0.15) is 5.54 Å². The first-order valence-electron chi connectivity index (χ1n) is 9.03. The Labute approximate surface area is 142 Å². The van der Waals surface area contributed by atoms with E-state index in [0.717, 1.165) is 25.9 Å². The van der Waals surface area contributed by atoms with Crippen LogP contribution in [0.5, 0.6) is 0 Å². The van der Waals surface area contributed by atoms with Crippen molar-refractivity contribution in [3.05, 3.63) is 35.4 Å². The number of benzene rings is 1. The summed E-state index contributed by atoms with van der Waals surface area (Å²) in [5, 5.41) is 5.27. The molecule has 3 amide bonds. The number of carbonyl (C=O) groups is 2. The molecular weight excluding hydrogens is 302 g/mol. The molecule has 3 aliphatic rings. The Kier molecular flexibility index (Phi) is 3.83. The monoisotopic (exact) mass is 327 g/mol. The van der Waals surface area contributed by atoms with E-state index in [1.165, 1.54) is 30.4 Å². The summed E-state index contributed by atoms with van der Waals surface area (Å²) in [4.78, 5) is 26.4. The molecule has 0 radical (unpaired) electrons. The Morgan fingerprint density at radius 2 is 2.00 bits per heavy atom. The first-order chi connectivity index (χ1) is 11.6. The number of nitrogens with one attached hydrogen (secondary N) is 2. The van der Waals surface area contributed by atoms with Crippen molar-refractivity contribution < 1.29 is 9.59 Å². The minimum Gasteiger partial charge on any atom is -0.323 e. The van der Waals surface area contributed by atoms with Gasteiger partial charge in [-0.2, -0.15) is 0 Å². The minimum atomic E-state index is -0.774. The Morgan fingerprint density at radius 1 is 1.17 bits per heavy atom. The number of piperidine rings is 1. The predicted molar refractivity (Wildman–Crippen MR) is 91.5 cm³/mol. The number of carbonyl (C=O) groups excluding carboxylic acids is 2. The first kappa shape index (κ1) is 15.6. The summed E-state index contributed by atoms with van der Waals surface area (Å²) in [7, 11) is 0. The van der Waals surface area contributed by atoms with Crippen molar-refractivity contribution in [1.82, 2.24) is 15.5 Å². The fourth-order valence-electron chi connectivity index (χ4n) is 4.71. The van der Waals surface area contributed by atoms with E-state index in [-0.39, 0.29) is 17.9 Å². The number of rotatable bonds is 2. The normalized spacial score (nSPS) is 33.7. The van der Waals surface area contributed by atoms with Crippen molar-refractivity contribution in [3.8, 4) is 0 Å². The molecule has 5 heteroatoms. The van der Waals surface area contributed by atoms with Gasteiger partial charge in [0.2, 0.25) is 0 Å². The number of aryl methyl sites for hydroxylation is 1. The van der Waals surface area contributed by atoms with Crippen molar-refractivity contribution >= 4 is 11.9 Å². The molecule has 3 atom stereocenters. The van der Waals surface area contributed by atoms with Crippen LogP contribution in [0.15, 0.2) is 24.3 Å². The van der Waals surface area contributed by atoms with Crippen molar-refractivity contribution in [1.29, 1.82) is 0 Å². The van der Waals surface area contributed by atoms with Gasteiger partial charge in [-0.05, 0) is 56.7 Å². The zero-order chi connectivity index (χ0) is 16.7. The van der Waals surface area contributed by atoms with E-state index in [0.29, 0.717) is 6.04 Å². The van der Waals surface area contributed by atoms with Crippen molar-refractivity contribution in [2.24, 2.45) is 5.92 Å². The Balaban J connectivity index is 1.56. The predicted octanol–water partition coefficient (Wildman–Crippen LogP) is 2.37. The van der Waals surface area contributed by atoms with Crippen LogP contribution in [0.2, 0.25) is 0 Å². The lowest BCUT2D eigenvalue weighted by Gasteiger charge is -2.44. The number of likely N-dealkylation sites (tertiary alicyclic amines) is 1. The molecule has 2 fully saturated rings. The molecule has 1 aromatic rings. The molecule has 0 saturated carbocycles. The number of hydrogen-bond donors (Lipinski definition) is 2. The van der Waals surface area contributed by atoms with E-state index < -0.39 is 5.54 Å². The summed E-state index contributed by atoms with van der Waals surface area (Å²) < 4.78 is 0. The highest BCUT2D eigenvalue weighted by molar-refractivity contribution is 6.07. The maximum Gasteiger partial charge on any atom is 0.322 e. The van der Waals surface area contributed by atoms with Crippen molar-refractivity contribution in [3.63, 3.8) is 0 Å². The van der Waals surface area contributed by atoms with Gasteiger partial charge in [0.05, 0.1) is 0 Å². The van der Waals surface area contributed by atoms with E-state index in [2.05, 4.69) is 39.8 Å². The molecule has 1 aromatic carbocycles. The molecule has 2 saturated heterocycles. The average molecular weight is 327 g/mol. The fraction of sp³-hybridized carbons (Fsp3) is 0.579. The van der Waals surface area contributed by atoms with Crippen LogP contribution >= 0.6 is 0 Å². The third kappa shape index (κ3) is 2.51. The number of fused-ring (bicyclic) bond motifs is 1. The molecule has 128 valence electrons. The molecule has 2 N–H and O–H groups in total. The minimum absolute atomic E-state index is 0.159. The van der Waals surface area contributed by atoms with Gasteiger partial charge >= 0.3 is 6.03 Å². The summed E-state index contributed by atoms with van der Waals surface area (Å²) in [6.45, 7) is 3.81. The molecule has 2 aliphatic heterocycles. The zero-order valence-electron chi connectivity index (χ0n) is 14.2. The van der Waals surface area contributed by atoms with Crippen LogP contribution in [0.3, 0.4) is 0 Å². The molecule has 0 unspecified atom stereocenters. The van der Waals surface area contributed by atoms with Gasteiger partial charge < -0.3 is 5.32 Å². The quantitative estimate of drug-likeness (QED) is 0.820.